The van der Waals surface area contributed by atoms with Crippen LogP contribution in [0.2, 0.25) is 5.02 Å². The van der Waals surface area contributed by atoms with Crippen molar-refractivity contribution in [3.63, 3.8) is 0 Å². The smallest absolute Gasteiger partial charge is 0.234 e. The summed E-state index contributed by atoms with van der Waals surface area (Å²) in [4.78, 5) is 12.4. The van der Waals surface area contributed by atoms with E-state index in [1.807, 2.05) is 30.3 Å². The summed E-state index contributed by atoms with van der Waals surface area (Å²) in [5, 5.41) is 12.3. The molecule has 0 unspecified atom stereocenters. The van der Waals surface area contributed by atoms with Crippen molar-refractivity contribution in [2.45, 2.75) is 11.8 Å². The Morgan fingerprint density at radius 3 is 2.59 bits per heavy atom. The summed E-state index contributed by atoms with van der Waals surface area (Å²) in [6.07, 6.45) is 0. The lowest BCUT2D eigenvalue weighted by atomic mass is 10.3. The van der Waals surface area contributed by atoms with Crippen LogP contribution in [0.5, 0.6) is 5.75 Å². The van der Waals surface area contributed by atoms with E-state index in [-0.39, 0.29) is 24.0 Å². The van der Waals surface area contributed by atoms with E-state index in [1.54, 1.807) is 47.0 Å². The van der Waals surface area contributed by atoms with Gasteiger partial charge in [-0.1, -0.05) is 59.8 Å². The highest BCUT2D eigenvalue weighted by atomic mass is 35.5. The molecular formula is C23H18ClFN4O2S. The minimum absolute atomic E-state index is 0.0120. The van der Waals surface area contributed by atoms with Crippen molar-refractivity contribution in [2.75, 3.05) is 11.1 Å². The van der Waals surface area contributed by atoms with Gasteiger partial charge in [0.25, 0.3) is 0 Å². The maximum atomic E-state index is 13.9. The number of carbonyl (C=O) groups is 1. The van der Waals surface area contributed by atoms with Crippen LogP contribution in [0.1, 0.15) is 5.82 Å². The number of ether oxygens (including phenoxy) is 1. The molecule has 0 atom stereocenters. The van der Waals surface area contributed by atoms with Crippen molar-refractivity contribution in [1.29, 1.82) is 0 Å². The van der Waals surface area contributed by atoms with Crippen LogP contribution in [-0.2, 0) is 11.4 Å². The zero-order chi connectivity index (χ0) is 22.3. The van der Waals surface area contributed by atoms with E-state index >= 15 is 0 Å². The third-order valence-electron chi connectivity index (χ3n) is 4.35. The molecular weight excluding hydrogens is 451 g/mol. The lowest BCUT2D eigenvalue weighted by molar-refractivity contribution is -0.113. The van der Waals surface area contributed by atoms with Crippen LogP contribution >= 0.6 is 23.4 Å². The van der Waals surface area contributed by atoms with Crippen LogP contribution in [0.25, 0.3) is 5.69 Å². The third-order valence-corrected chi connectivity index (χ3v) is 5.51. The predicted octanol–water partition coefficient (Wildman–Crippen LogP) is 5.37. The number of benzene rings is 3. The number of nitrogens with one attached hydrogen (secondary N) is 1. The van der Waals surface area contributed by atoms with Gasteiger partial charge in [0.1, 0.15) is 6.61 Å². The van der Waals surface area contributed by atoms with Gasteiger partial charge in [-0.25, -0.2) is 4.39 Å². The topological polar surface area (TPSA) is 69.0 Å². The molecule has 0 aliphatic carbocycles. The number of anilines is 1. The van der Waals surface area contributed by atoms with Gasteiger partial charge in [-0.05, 0) is 42.5 Å². The molecule has 3 aromatic carbocycles. The molecule has 32 heavy (non-hydrogen) atoms. The van der Waals surface area contributed by atoms with E-state index in [0.29, 0.717) is 21.7 Å². The maximum Gasteiger partial charge on any atom is 0.234 e. The number of hydrogen-bond donors (Lipinski definition) is 1. The van der Waals surface area contributed by atoms with Crippen LogP contribution in [0, 0.1) is 5.82 Å². The molecule has 162 valence electrons. The summed E-state index contributed by atoms with van der Waals surface area (Å²) in [7, 11) is 0. The number of thioether (sulfide) groups is 1. The number of rotatable bonds is 8. The molecule has 4 rings (SSSR count). The summed E-state index contributed by atoms with van der Waals surface area (Å²) in [6.45, 7) is 0.0120. The van der Waals surface area contributed by atoms with Gasteiger partial charge in [0.05, 0.1) is 5.75 Å². The SMILES string of the molecule is O=C(CSc1nnc(COc2ccccc2F)n1-c1ccccc1)Nc1cccc(Cl)c1. The van der Waals surface area contributed by atoms with E-state index in [2.05, 4.69) is 15.5 Å². The minimum Gasteiger partial charge on any atom is -0.483 e. The van der Waals surface area contributed by atoms with Gasteiger partial charge in [0, 0.05) is 16.4 Å². The van der Waals surface area contributed by atoms with Gasteiger partial charge < -0.3 is 10.1 Å². The van der Waals surface area contributed by atoms with Crippen LogP contribution in [0.3, 0.4) is 0 Å². The summed E-state index contributed by atoms with van der Waals surface area (Å²) in [5.41, 5.74) is 1.42. The second-order valence-electron chi connectivity index (χ2n) is 6.64. The first-order chi connectivity index (χ1) is 15.6. The van der Waals surface area contributed by atoms with Crippen molar-refractivity contribution in [2.24, 2.45) is 0 Å². The lowest BCUT2D eigenvalue weighted by Crippen LogP contribution is -2.14. The number of aromatic nitrogens is 3. The fourth-order valence-corrected chi connectivity index (χ4v) is 3.88. The highest BCUT2D eigenvalue weighted by Crippen LogP contribution is 2.24. The Balaban J connectivity index is 1.50. The highest BCUT2D eigenvalue weighted by Gasteiger charge is 2.17. The van der Waals surface area contributed by atoms with Gasteiger partial charge in [0.2, 0.25) is 5.91 Å². The lowest BCUT2D eigenvalue weighted by Gasteiger charge is -2.11. The second-order valence-corrected chi connectivity index (χ2v) is 8.01. The van der Waals surface area contributed by atoms with Crippen molar-refractivity contribution in [1.82, 2.24) is 14.8 Å². The van der Waals surface area contributed by atoms with Crippen LogP contribution in [0.4, 0.5) is 10.1 Å². The Hall–Kier alpha value is -3.36. The summed E-state index contributed by atoms with van der Waals surface area (Å²) in [6, 6.07) is 22.6. The summed E-state index contributed by atoms with van der Waals surface area (Å²) >= 11 is 7.20. The first-order valence-electron chi connectivity index (χ1n) is 9.65. The molecule has 0 aliphatic rings. The Bertz CT molecular complexity index is 1220. The van der Waals surface area contributed by atoms with Gasteiger partial charge in [0.15, 0.2) is 22.5 Å². The predicted molar refractivity (Wildman–Crippen MR) is 123 cm³/mol. The van der Waals surface area contributed by atoms with E-state index in [4.69, 9.17) is 16.3 Å². The van der Waals surface area contributed by atoms with Gasteiger partial charge in [-0.3, -0.25) is 9.36 Å². The molecule has 0 spiro atoms. The molecule has 0 radical (unpaired) electrons. The normalized spacial score (nSPS) is 10.7. The van der Waals surface area contributed by atoms with E-state index in [1.165, 1.54) is 17.8 Å². The quantitative estimate of drug-likeness (QED) is 0.352. The standard InChI is InChI=1S/C23H18ClFN4O2S/c24-16-7-6-8-17(13-16)26-22(30)15-32-23-28-27-21(29(23)18-9-2-1-3-10-18)14-31-20-12-5-4-11-19(20)25/h1-13H,14-15H2,(H,26,30). The molecule has 0 fully saturated rings. The summed E-state index contributed by atoms with van der Waals surface area (Å²) < 4.78 is 21.3. The highest BCUT2D eigenvalue weighted by molar-refractivity contribution is 7.99. The Morgan fingerprint density at radius 1 is 1.03 bits per heavy atom. The number of amides is 1. The fraction of sp³-hybridized carbons (Fsp3) is 0.0870. The molecule has 9 heteroatoms. The monoisotopic (exact) mass is 468 g/mol. The second kappa shape index (κ2) is 10.3. The molecule has 6 nitrogen and oxygen atoms in total. The average molecular weight is 469 g/mol. The number of carbonyl (C=O) groups excluding carboxylic acids is 1. The van der Waals surface area contributed by atoms with Crippen molar-refractivity contribution >= 4 is 35.0 Å². The van der Waals surface area contributed by atoms with Crippen LogP contribution in [0.15, 0.2) is 84.0 Å². The number of halogens is 2. The Morgan fingerprint density at radius 2 is 1.81 bits per heavy atom. The Labute approximate surface area is 193 Å². The van der Waals surface area contributed by atoms with Crippen LogP contribution < -0.4 is 10.1 Å². The molecule has 0 aliphatic heterocycles. The molecule has 1 aromatic heterocycles. The van der Waals surface area contributed by atoms with E-state index in [9.17, 15) is 9.18 Å². The molecule has 0 bridgehead atoms. The molecule has 1 N–H and O–H groups in total. The number of nitrogens with zero attached hydrogens (tertiary/aromatic N) is 3. The van der Waals surface area contributed by atoms with Crippen molar-refractivity contribution in [3.8, 4) is 11.4 Å². The average Bonchev–Trinajstić information content (AvgIpc) is 3.20. The van der Waals surface area contributed by atoms with Crippen molar-refractivity contribution < 1.29 is 13.9 Å². The third kappa shape index (κ3) is 5.46. The first-order valence-corrected chi connectivity index (χ1v) is 11.0. The van der Waals surface area contributed by atoms with E-state index < -0.39 is 5.82 Å². The van der Waals surface area contributed by atoms with Crippen LogP contribution in [-0.4, -0.2) is 26.4 Å². The largest absolute Gasteiger partial charge is 0.483 e. The summed E-state index contributed by atoms with van der Waals surface area (Å²) in [5.74, 6) is 0.0723. The number of para-hydroxylation sites is 2. The minimum atomic E-state index is -0.453. The first kappa shape index (κ1) is 21.9. The van der Waals surface area contributed by atoms with Gasteiger partial charge in [-0.2, -0.15) is 0 Å². The van der Waals surface area contributed by atoms with E-state index in [0.717, 1.165) is 5.69 Å². The molecule has 1 amide bonds. The fourth-order valence-electron chi connectivity index (χ4n) is 2.92. The van der Waals surface area contributed by atoms with Gasteiger partial charge >= 0.3 is 0 Å². The number of hydrogen-bond acceptors (Lipinski definition) is 5. The molecule has 1 heterocycles. The Kier molecular flexibility index (Phi) is 7.03. The van der Waals surface area contributed by atoms with Gasteiger partial charge in [-0.15, -0.1) is 10.2 Å². The zero-order valence-corrected chi connectivity index (χ0v) is 18.3. The molecule has 4 aromatic rings. The molecule has 0 saturated carbocycles. The zero-order valence-electron chi connectivity index (χ0n) is 16.7. The van der Waals surface area contributed by atoms with Crippen molar-refractivity contribution in [3.05, 3.63) is 95.5 Å². The molecule has 0 saturated heterocycles. The maximum absolute atomic E-state index is 13.9.